The molecule has 0 fully saturated rings. The maximum absolute atomic E-state index is 12.4. The van der Waals surface area contributed by atoms with Gasteiger partial charge in [-0.05, 0) is 17.7 Å². The first-order chi connectivity index (χ1) is 7.47. The van der Waals surface area contributed by atoms with Gasteiger partial charge in [-0.15, -0.1) is 0 Å². The highest BCUT2D eigenvalue weighted by molar-refractivity contribution is 5.73. The number of hydrogen-bond acceptors (Lipinski definition) is 3. The molecule has 0 amide bonds. The Labute approximate surface area is 89.7 Å². The van der Waals surface area contributed by atoms with Gasteiger partial charge in [-0.3, -0.25) is 0 Å². The van der Waals surface area contributed by atoms with Crippen molar-refractivity contribution in [2.24, 2.45) is 10.7 Å². The summed E-state index contributed by atoms with van der Waals surface area (Å²) in [5, 5.41) is 0. The Morgan fingerprint density at radius 3 is 2.69 bits per heavy atom. The minimum absolute atomic E-state index is 0.0161. The van der Waals surface area contributed by atoms with E-state index in [2.05, 4.69) is 4.99 Å². The summed E-state index contributed by atoms with van der Waals surface area (Å²) in [4.78, 5) is 3.78. The molecule has 1 aliphatic rings. The molecule has 0 radical (unpaired) electrons. The van der Waals surface area contributed by atoms with E-state index in [1.807, 2.05) is 0 Å². The van der Waals surface area contributed by atoms with Crippen molar-refractivity contribution in [3.8, 4) is 0 Å². The van der Waals surface area contributed by atoms with Crippen LogP contribution in [0.2, 0.25) is 0 Å². The standard InChI is InChI=1S/C10H9F3N2O/c11-10(12,13)7-3-1-2-6(4-7)8-5-15-9(14)16-8/h1-4,8H,5H2,(H2,14,15). The van der Waals surface area contributed by atoms with Crippen molar-refractivity contribution in [2.75, 3.05) is 6.54 Å². The Kier molecular flexibility index (Phi) is 2.49. The zero-order valence-electron chi connectivity index (χ0n) is 8.16. The molecule has 2 N–H and O–H groups in total. The molecule has 1 aromatic carbocycles. The summed E-state index contributed by atoms with van der Waals surface area (Å²) >= 11 is 0. The van der Waals surface area contributed by atoms with Gasteiger partial charge in [0.05, 0.1) is 12.1 Å². The van der Waals surface area contributed by atoms with Gasteiger partial charge in [0.25, 0.3) is 6.02 Å². The van der Waals surface area contributed by atoms with E-state index in [0.29, 0.717) is 5.56 Å². The number of alkyl halides is 3. The van der Waals surface area contributed by atoms with Gasteiger partial charge in [0.15, 0.2) is 0 Å². The fourth-order valence-electron chi connectivity index (χ4n) is 1.48. The summed E-state index contributed by atoms with van der Waals surface area (Å²) in [6, 6.07) is 4.99. The van der Waals surface area contributed by atoms with Crippen molar-refractivity contribution in [3.05, 3.63) is 35.4 Å². The lowest BCUT2D eigenvalue weighted by Gasteiger charge is -2.12. The van der Waals surface area contributed by atoms with E-state index in [0.717, 1.165) is 12.1 Å². The third-order valence-electron chi connectivity index (χ3n) is 2.26. The van der Waals surface area contributed by atoms with Crippen molar-refractivity contribution in [1.29, 1.82) is 0 Å². The van der Waals surface area contributed by atoms with Crippen LogP contribution in [-0.2, 0) is 10.9 Å². The van der Waals surface area contributed by atoms with Crippen LogP contribution in [-0.4, -0.2) is 12.6 Å². The first-order valence-corrected chi connectivity index (χ1v) is 4.60. The summed E-state index contributed by atoms with van der Waals surface area (Å²) in [5.74, 6) is 0. The smallest absolute Gasteiger partial charge is 0.416 e. The van der Waals surface area contributed by atoms with E-state index >= 15 is 0 Å². The number of amidine groups is 1. The molecule has 0 aromatic heterocycles. The van der Waals surface area contributed by atoms with Crippen LogP contribution in [0.3, 0.4) is 0 Å². The van der Waals surface area contributed by atoms with Gasteiger partial charge in [0, 0.05) is 0 Å². The molecule has 1 heterocycles. The minimum atomic E-state index is -4.35. The van der Waals surface area contributed by atoms with E-state index in [4.69, 9.17) is 10.5 Å². The van der Waals surface area contributed by atoms with Crippen molar-refractivity contribution in [2.45, 2.75) is 12.3 Å². The summed E-state index contributed by atoms with van der Waals surface area (Å²) in [6.45, 7) is 0.257. The normalized spacial score (nSPS) is 20.4. The van der Waals surface area contributed by atoms with Gasteiger partial charge >= 0.3 is 6.18 Å². The fraction of sp³-hybridized carbons (Fsp3) is 0.300. The monoisotopic (exact) mass is 230 g/mol. The molecule has 1 unspecified atom stereocenters. The number of nitrogens with two attached hydrogens (primary N) is 1. The Morgan fingerprint density at radius 1 is 1.38 bits per heavy atom. The minimum Gasteiger partial charge on any atom is -0.455 e. The molecule has 0 spiro atoms. The second-order valence-electron chi connectivity index (χ2n) is 3.41. The van der Waals surface area contributed by atoms with Gasteiger partial charge in [-0.1, -0.05) is 12.1 Å². The highest BCUT2D eigenvalue weighted by atomic mass is 19.4. The number of nitrogens with zero attached hydrogens (tertiary/aromatic N) is 1. The highest BCUT2D eigenvalue weighted by Crippen LogP contribution is 2.32. The number of ether oxygens (including phenoxy) is 1. The molecule has 3 nitrogen and oxygen atoms in total. The van der Waals surface area contributed by atoms with Crippen molar-refractivity contribution in [3.63, 3.8) is 0 Å². The van der Waals surface area contributed by atoms with Crippen LogP contribution in [0, 0.1) is 0 Å². The van der Waals surface area contributed by atoms with Crippen molar-refractivity contribution in [1.82, 2.24) is 0 Å². The van der Waals surface area contributed by atoms with Crippen LogP contribution in [0.25, 0.3) is 0 Å². The average Bonchev–Trinajstić information content (AvgIpc) is 2.64. The van der Waals surface area contributed by atoms with E-state index < -0.39 is 17.8 Å². The zero-order valence-corrected chi connectivity index (χ0v) is 8.16. The zero-order chi connectivity index (χ0) is 11.8. The number of hydrogen-bond donors (Lipinski definition) is 1. The van der Waals surface area contributed by atoms with Gasteiger partial charge in [0.2, 0.25) is 0 Å². The van der Waals surface area contributed by atoms with Gasteiger partial charge in [0.1, 0.15) is 6.10 Å². The SMILES string of the molecule is NC1=NCC(c2cccc(C(F)(F)F)c2)O1. The number of rotatable bonds is 1. The van der Waals surface area contributed by atoms with Crippen LogP contribution in [0.5, 0.6) is 0 Å². The Balaban J connectivity index is 2.24. The lowest BCUT2D eigenvalue weighted by Crippen LogP contribution is -2.13. The van der Waals surface area contributed by atoms with Gasteiger partial charge in [-0.25, -0.2) is 4.99 Å². The van der Waals surface area contributed by atoms with Crippen LogP contribution in [0.1, 0.15) is 17.2 Å². The summed E-state index contributed by atoms with van der Waals surface area (Å²) in [7, 11) is 0. The molecular formula is C10H9F3N2O. The maximum Gasteiger partial charge on any atom is 0.416 e. The second kappa shape index (κ2) is 3.70. The fourth-order valence-corrected chi connectivity index (χ4v) is 1.48. The lowest BCUT2D eigenvalue weighted by atomic mass is 10.1. The molecular weight excluding hydrogens is 221 g/mol. The molecule has 1 atom stereocenters. The highest BCUT2D eigenvalue weighted by Gasteiger charge is 2.31. The molecule has 0 saturated heterocycles. The number of halogens is 3. The Morgan fingerprint density at radius 2 is 2.12 bits per heavy atom. The van der Waals surface area contributed by atoms with Crippen LogP contribution < -0.4 is 5.73 Å². The quantitative estimate of drug-likeness (QED) is 0.803. The Bertz CT molecular complexity index is 428. The van der Waals surface area contributed by atoms with Crippen LogP contribution in [0.15, 0.2) is 29.3 Å². The van der Waals surface area contributed by atoms with E-state index in [1.54, 1.807) is 6.07 Å². The predicted octanol–water partition coefficient (Wildman–Crippen LogP) is 2.09. The molecule has 6 heteroatoms. The summed E-state index contributed by atoms with van der Waals surface area (Å²) < 4.78 is 42.4. The lowest BCUT2D eigenvalue weighted by molar-refractivity contribution is -0.137. The maximum atomic E-state index is 12.4. The van der Waals surface area contributed by atoms with E-state index in [-0.39, 0.29) is 12.6 Å². The molecule has 0 aliphatic carbocycles. The second-order valence-corrected chi connectivity index (χ2v) is 3.41. The van der Waals surface area contributed by atoms with E-state index in [9.17, 15) is 13.2 Å². The summed E-state index contributed by atoms with van der Waals surface area (Å²) in [6.07, 6.45) is -4.86. The predicted molar refractivity (Wildman–Crippen MR) is 51.8 cm³/mol. The van der Waals surface area contributed by atoms with Crippen molar-refractivity contribution >= 4 is 6.02 Å². The molecule has 0 saturated carbocycles. The van der Waals surface area contributed by atoms with Crippen molar-refractivity contribution < 1.29 is 17.9 Å². The molecule has 1 aliphatic heterocycles. The number of benzene rings is 1. The molecule has 1 aromatic rings. The third-order valence-corrected chi connectivity index (χ3v) is 2.26. The molecule has 0 bridgehead atoms. The average molecular weight is 230 g/mol. The molecule has 16 heavy (non-hydrogen) atoms. The van der Waals surface area contributed by atoms with E-state index in [1.165, 1.54) is 6.07 Å². The van der Waals surface area contributed by atoms with Crippen LogP contribution in [0.4, 0.5) is 13.2 Å². The Hall–Kier alpha value is -1.72. The topological polar surface area (TPSA) is 47.6 Å². The largest absolute Gasteiger partial charge is 0.455 e. The number of aliphatic imine (C=N–C) groups is 1. The molecule has 2 rings (SSSR count). The third kappa shape index (κ3) is 2.10. The van der Waals surface area contributed by atoms with Gasteiger partial charge < -0.3 is 10.5 Å². The van der Waals surface area contributed by atoms with Gasteiger partial charge in [-0.2, -0.15) is 13.2 Å². The molecule has 86 valence electrons. The first-order valence-electron chi connectivity index (χ1n) is 4.60. The first kappa shape index (κ1) is 10.8. The van der Waals surface area contributed by atoms with Crippen LogP contribution >= 0.6 is 0 Å². The summed E-state index contributed by atoms with van der Waals surface area (Å²) in [5.41, 5.74) is 5.03.